The molecule has 1 aromatic heterocycles. The number of nitrogens with one attached hydrogen (secondary N) is 1. The second kappa shape index (κ2) is 7.94. The zero-order valence-electron chi connectivity index (χ0n) is 16.2. The third-order valence-corrected chi connectivity index (χ3v) is 5.24. The van der Waals surface area contributed by atoms with Gasteiger partial charge in [0.1, 0.15) is 17.3 Å². The molecule has 29 heavy (non-hydrogen) atoms. The topological polar surface area (TPSA) is 41.1 Å². The van der Waals surface area contributed by atoms with Gasteiger partial charge in [-0.05, 0) is 29.8 Å². The molecule has 0 fully saturated rings. The highest BCUT2D eigenvalue weighted by atomic mass is 16.5. The van der Waals surface area contributed by atoms with Crippen molar-refractivity contribution < 1.29 is 4.74 Å². The van der Waals surface area contributed by atoms with Gasteiger partial charge < -0.3 is 9.72 Å². The largest absolute Gasteiger partial charge is 0.457 e. The van der Waals surface area contributed by atoms with Crippen molar-refractivity contribution in [2.75, 3.05) is 6.54 Å². The van der Waals surface area contributed by atoms with Gasteiger partial charge in [0.15, 0.2) is 0 Å². The summed E-state index contributed by atoms with van der Waals surface area (Å²) < 4.78 is 5.98. The number of fused-ring (bicyclic) bond motifs is 1. The van der Waals surface area contributed by atoms with Crippen LogP contribution in [0.2, 0.25) is 0 Å². The van der Waals surface area contributed by atoms with Crippen molar-refractivity contribution in [1.29, 1.82) is 0 Å². The maximum absolute atomic E-state index is 5.98. The number of aromatic nitrogens is 2. The lowest BCUT2D eigenvalue weighted by atomic mass is 10.1. The van der Waals surface area contributed by atoms with Crippen LogP contribution in [0.5, 0.6) is 11.5 Å². The maximum Gasteiger partial charge on any atom is 0.137 e. The Balaban J connectivity index is 1.28. The summed E-state index contributed by atoms with van der Waals surface area (Å²) in [5.41, 5.74) is 4.82. The van der Waals surface area contributed by atoms with Gasteiger partial charge >= 0.3 is 0 Å². The van der Waals surface area contributed by atoms with Gasteiger partial charge in [-0.2, -0.15) is 0 Å². The summed E-state index contributed by atoms with van der Waals surface area (Å²) in [5, 5.41) is 0. The number of aromatic amines is 1. The van der Waals surface area contributed by atoms with Crippen molar-refractivity contribution >= 4 is 0 Å². The lowest BCUT2D eigenvalue weighted by Gasteiger charge is -2.26. The quantitative estimate of drug-likeness (QED) is 0.501. The van der Waals surface area contributed by atoms with Crippen molar-refractivity contribution in [3.05, 3.63) is 102 Å². The second-order valence-electron chi connectivity index (χ2n) is 7.40. The van der Waals surface area contributed by atoms with E-state index in [9.17, 15) is 0 Å². The Labute approximate surface area is 170 Å². The van der Waals surface area contributed by atoms with Crippen LogP contribution >= 0.6 is 0 Å². The standard InChI is InChI=1S/C25H23N3O/c1-3-9-20(10-4-1)25-26-23-14-15-28(18-24(23)27-25)17-19-8-7-13-22(16-19)29-21-11-5-2-6-12-21/h1-13,16H,14-15,17-18H2,(H,26,27). The Kier molecular flexibility index (Phi) is 4.85. The van der Waals surface area contributed by atoms with Crippen LogP contribution in [-0.4, -0.2) is 21.4 Å². The van der Waals surface area contributed by atoms with E-state index in [1.807, 2.05) is 54.6 Å². The maximum atomic E-state index is 5.98. The van der Waals surface area contributed by atoms with Gasteiger partial charge in [0.25, 0.3) is 0 Å². The van der Waals surface area contributed by atoms with Crippen molar-refractivity contribution in [1.82, 2.24) is 14.9 Å². The highest BCUT2D eigenvalue weighted by Crippen LogP contribution is 2.25. The molecule has 0 amide bonds. The molecular formula is C25H23N3O. The van der Waals surface area contributed by atoms with E-state index in [0.29, 0.717) is 0 Å². The normalized spacial score (nSPS) is 13.8. The number of para-hydroxylation sites is 1. The summed E-state index contributed by atoms with van der Waals surface area (Å²) in [7, 11) is 0. The van der Waals surface area contributed by atoms with Crippen LogP contribution in [0.3, 0.4) is 0 Å². The van der Waals surface area contributed by atoms with Crippen molar-refractivity contribution in [3.8, 4) is 22.9 Å². The smallest absolute Gasteiger partial charge is 0.137 e. The van der Waals surface area contributed by atoms with Gasteiger partial charge in [-0.15, -0.1) is 0 Å². The van der Waals surface area contributed by atoms with Crippen LogP contribution in [0.15, 0.2) is 84.9 Å². The number of benzene rings is 3. The number of imidazole rings is 1. The molecule has 144 valence electrons. The molecule has 0 bridgehead atoms. The number of H-pyrrole nitrogens is 1. The molecule has 0 aliphatic carbocycles. The minimum Gasteiger partial charge on any atom is -0.457 e. The SMILES string of the molecule is c1ccc(Oc2cccc(CN3CCc4nc(-c5ccccc5)[nH]c4C3)c2)cc1. The number of hydrogen-bond acceptors (Lipinski definition) is 3. The molecule has 4 aromatic rings. The average molecular weight is 381 g/mol. The minimum absolute atomic E-state index is 0.859. The highest BCUT2D eigenvalue weighted by Gasteiger charge is 2.20. The zero-order valence-corrected chi connectivity index (χ0v) is 16.2. The fourth-order valence-electron chi connectivity index (χ4n) is 3.81. The van der Waals surface area contributed by atoms with Gasteiger partial charge in [-0.25, -0.2) is 4.98 Å². The Bertz CT molecular complexity index is 1090. The van der Waals surface area contributed by atoms with Crippen molar-refractivity contribution in [2.24, 2.45) is 0 Å². The molecule has 3 aromatic carbocycles. The first-order valence-electron chi connectivity index (χ1n) is 10.0. The number of hydrogen-bond donors (Lipinski definition) is 1. The van der Waals surface area contributed by atoms with Crippen molar-refractivity contribution in [2.45, 2.75) is 19.5 Å². The molecular weight excluding hydrogens is 358 g/mol. The first kappa shape index (κ1) is 17.7. The van der Waals surface area contributed by atoms with Crippen LogP contribution < -0.4 is 4.74 Å². The van der Waals surface area contributed by atoms with E-state index in [2.05, 4.69) is 40.2 Å². The Morgan fingerprint density at radius 1 is 0.862 bits per heavy atom. The lowest BCUT2D eigenvalue weighted by Crippen LogP contribution is -2.30. The van der Waals surface area contributed by atoms with Gasteiger partial charge in [-0.3, -0.25) is 4.90 Å². The van der Waals surface area contributed by atoms with Crippen LogP contribution in [0, 0.1) is 0 Å². The number of nitrogens with zero attached hydrogens (tertiary/aromatic N) is 2. The van der Waals surface area contributed by atoms with Crippen molar-refractivity contribution in [3.63, 3.8) is 0 Å². The van der Waals surface area contributed by atoms with Crippen LogP contribution in [0.1, 0.15) is 17.0 Å². The van der Waals surface area contributed by atoms with E-state index in [-0.39, 0.29) is 0 Å². The van der Waals surface area contributed by atoms with Gasteiger partial charge in [0, 0.05) is 31.6 Å². The summed E-state index contributed by atoms with van der Waals surface area (Å²) in [6, 6.07) is 28.6. The third kappa shape index (κ3) is 4.08. The fraction of sp³-hybridized carbons (Fsp3) is 0.160. The summed E-state index contributed by atoms with van der Waals surface area (Å²) >= 11 is 0. The monoisotopic (exact) mass is 381 g/mol. The van der Waals surface area contributed by atoms with E-state index < -0.39 is 0 Å². The fourth-order valence-corrected chi connectivity index (χ4v) is 3.81. The molecule has 4 nitrogen and oxygen atoms in total. The third-order valence-electron chi connectivity index (χ3n) is 5.24. The average Bonchev–Trinajstić information content (AvgIpc) is 3.19. The lowest BCUT2D eigenvalue weighted by molar-refractivity contribution is 0.241. The summed E-state index contributed by atoms with van der Waals surface area (Å²) in [5.74, 6) is 2.70. The summed E-state index contributed by atoms with van der Waals surface area (Å²) in [6.07, 6.45) is 0.971. The minimum atomic E-state index is 0.859. The van der Waals surface area contributed by atoms with Crippen LogP contribution in [0.25, 0.3) is 11.4 Å². The first-order valence-corrected chi connectivity index (χ1v) is 10.0. The van der Waals surface area contributed by atoms with E-state index >= 15 is 0 Å². The molecule has 0 spiro atoms. The molecule has 1 aliphatic heterocycles. The molecule has 2 heterocycles. The number of ether oxygens (including phenoxy) is 1. The molecule has 0 atom stereocenters. The van der Waals surface area contributed by atoms with Gasteiger partial charge in [-0.1, -0.05) is 60.7 Å². The summed E-state index contributed by atoms with van der Waals surface area (Å²) in [6.45, 7) is 2.79. The van der Waals surface area contributed by atoms with Gasteiger partial charge in [0.2, 0.25) is 0 Å². The molecule has 0 unspecified atom stereocenters. The second-order valence-corrected chi connectivity index (χ2v) is 7.40. The van der Waals surface area contributed by atoms with E-state index in [1.165, 1.54) is 17.0 Å². The Morgan fingerprint density at radius 3 is 2.45 bits per heavy atom. The Hall–Kier alpha value is -3.37. The highest BCUT2D eigenvalue weighted by molar-refractivity contribution is 5.55. The van der Waals surface area contributed by atoms with Crippen LogP contribution in [0.4, 0.5) is 0 Å². The summed E-state index contributed by atoms with van der Waals surface area (Å²) in [4.78, 5) is 10.8. The first-order chi connectivity index (χ1) is 14.3. The zero-order chi connectivity index (χ0) is 19.5. The van der Waals surface area contributed by atoms with E-state index in [1.54, 1.807) is 0 Å². The molecule has 4 heteroatoms. The Morgan fingerprint density at radius 2 is 1.62 bits per heavy atom. The van der Waals surface area contributed by atoms with Crippen LogP contribution in [-0.2, 0) is 19.5 Å². The van der Waals surface area contributed by atoms with Gasteiger partial charge in [0.05, 0.1) is 11.4 Å². The predicted molar refractivity (Wildman–Crippen MR) is 115 cm³/mol. The van der Waals surface area contributed by atoms with E-state index in [0.717, 1.165) is 48.9 Å². The molecule has 0 saturated carbocycles. The van der Waals surface area contributed by atoms with E-state index in [4.69, 9.17) is 9.72 Å². The molecule has 5 rings (SSSR count). The molecule has 0 saturated heterocycles. The molecule has 1 aliphatic rings. The molecule has 1 N–H and O–H groups in total. The number of rotatable bonds is 5. The molecule has 0 radical (unpaired) electrons. The predicted octanol–water partition coefficient (Wildman–Crippen LogP) is 5.43.